The van der Waals surface area contributed by atoms with Crippen molar-refractivity contribution in [2.75, 3.05) is 24.3 Å². The smallest absolute Gasteiger partial charge is 0.225 e. The van der Waals surface area contributed by atoms with Crippen LogP contribution in [0.1, 0.15) is 24.2 Å². The summed E-state index contributed by atoms with van der Waals surface area (Å²) in [4.78, 5) is 18.9. The normalized spacial score (nSPS) is 12.0. The van der Waals surface area contributed by atoms with E-state index in [2.05, 4.69) is 25.3 Å². The van der Waals surface area contributed by atoms with Crippen molar-refractivity contribution in [1.29, 1.82) is 0 Å². The summed E-state index contributed by atoms with van der Waals surface area (Å²) in [5.74, 6) is 1.51. The summed E-state index contributed by atoms with van der Waals surface area (Å²) < 4.78 is 0. The van der Waals surface area contributed by atoms with E-state index >= 15 is 0 Å². The van der Waals surface area contributed by atoms with Gasteiger partial charge < -0.3 is 10.2 Å². The Morgan fingerprint density at radius 3 is 2.68 bits per heavy atom. The van der Waals surface area contributed by atoms with E-state index in [1.165, 1.54) is 6.33 Å². The van der Waals surface area contributed by atoms with Crippen molar-refractivity contribution in [3.8, 4) is 0 Å². The van der Waals surface area contributed by atoms with Crippen LogP contribution in [-0.4, -0.2) is 34.0 Å². The van der Waals surface area contributed by atoms with Crippen molar-refractivity contribution < 1.29 is 0 Å². The highest BCUT2D eigenvalue weighted by molar-refractivity contribution is 5.48. The van der Waals surface area contributed by atoms with Gasteiger partial charge in [-0.25, -0.2) is 15.0 Å². The van der Waals surface area contributed by atoms with Crippen LogP contribution in [0.5, 0.6) is 0 Å². The number of rotatable bonds is 4. The molecule has 0 aliphatic rings. The van der Waals surface area contributed by atoms with E-state index < -0.39 is 0 Å². The Balaban J connectivity index is 2.18. The van der Waals surface area contributed by atoms with Crippen LogP contribution in [0.25, 0.3) is 0 Å². The van der Waals surface area contributed by atoms with Crippen molar-refractivity contribution in [1.82, 2.24) is 19.9 Å². The minimum atomic E-state index is 0.0284. The highest BCUT2D eigenvalue weighted by Gasteiger charge is 2.10. The standard InChI is InChI=1S/C13H18N6/c1-9-7-15-13(18-12(9)19(3)4)17-10(2)11-5-6-14-8-16-11/h5-8,10H,1-4H3,(H,15,17,18)/t10-/m0/s1. The third-order valence-electron chi connectivity index (χ3n) is 2.76. The fourth-order valence-electron chi connectivity index (χ4n) is 1.78. The van der Waals surface area contributed by atoms with E-state index in [0.29, 0.717) is 5.95 Å². The van der Waals surface area contributed by atoms with Crippen LogP contribution in [0.15, 0.2) is 24.8 Å². The van der Waals surface area contributed by atoms with E-state index in [0.717, 1.165) is 17.1 Å². The van der Waals surface area contributed by atoms with Gasteiger partial charge in [0.2, 0.25) is 5.95 Å². The SMILES string of the molecule is Cc1cnc(N[C@@H](C)c2ccncn2)nc1N(C)C. The topological polar surface area (TPSA) is 66.8 Å². The molecule has 19 heavy (non-hydrogen) atoms. The summed E-state index contributed by atoms with van der Waals surface area (Å²) in [5.41, 5.74) is 1.95. The van der Waals surface area contributed by atoms with Gasteiger partial charge in [0.15, 0.2) is 0 Å². The fraction of sp³-hybridized carbons (Fsp3) is 0.385. The molecular weight excluding hydrogens is 240 g/mol. The van der Waals surface area contributed by atoms with Gasteiger partial charge in [0, 0.05) is 32.1 Å². The van der Waals surface area contributed by atoms with Gasteiger partial charge in [0.1, 0.15) is 12.1 Å². The molecule has 0 aliphatic heterocycles. The van der Waals surface area contributed by atoms with Crippen molar-refractivity contribution in [3.05, 3.63) is 36.0 Å². The van der Waals surface area contributed by atoms with Gasteiger partial charge in [0.25, 0.3) is 0 Å². The Kier molecular flexibility index (Phi) is 3.89. The van der Waals surface area contributed by atoms with E-state index in [1.807, 2.05) is 45.1 Å². The average molecular weight is 258 g/mol. The van der Waals surface area contributed by atoms with Crippen LogP contribution >= 0.6 is 0 Å². The molecule has 6 nitrogen and oxygen atoms in total. The highest BCUT2D eigenvalue weighted by atomic mass is 15.2. The lowest BCUT2D eigenvalue weighted by Gasteiger charge is -2.17. The molecule has 0 fully saturated rings. The number of nitrogens with one attached hydrogen (secondary N) is 1. The molecule has 2 aromatic rings. The maximum absolute atomic E-state index is 4.50. The summed E-state index contributed by atoms with van der Waals surface area (Å²) in [6.07, 6.45) is 5.08. The minimum Gasteiger partial charge on any atom is -0.362 e. The van der Waals surface area contributed by atoms with Gasteiger partial charge in [-0.1, -0.05) is 0 Å². The number of anilines is 2. The van der Waals surface area contributed by atoms with Crippen molar-refractivity contribution >= 4 is 11.8 Å². The second kappa shape index (κ2) is 5.60. The molecule has 1 atom stereocenters. The van der Waals surface area contributed by atoms with E-state index in [9.17, 15) is 0 Å². The molecule has 0 spiro atoms. The van der Waals surface area contributed by atoms with Gasteiger partial charge >= 0.3 is 0 Å². The molecule has 0 saturated heterocycles. The third kappa shape index (κ3) is 3.15. The molecular formula is C13H18N6. The van der Waals surface area contributed by atoms with Crippen LogP contribution in [0.4, 0.5) is 11.8 Å². The Bertz CT molecular complexity index is 540. The second-order valence-electron chi connectivity index (χ2n) is 4.59. The van der Waals surface area contributed by atoms with E-state index in [1.54, 1.807) is 6.20 Å². The Hall–Kier alpha value is -2.24. The number of hydrogen-bond donors (Lipinski definition) is 1. The first-order chi connectivity index (χ1) is 9.08. The number of aromatic nitrogens is 4. The Labute approximate surface area is 113 Å². The predicted octanol–water partition coefficient (Wildman–Crippen LogP) is 1.81. The second-order valence-corrected chi connectivity index (χ2v) is 4.59. The molecule has 0 aliphatic carbocycles. The Morgan fingerprint density at radius 2 is 2.05 bits per heavy atom. The summed E-state index contributed by atoms with van der Waals surface area (Å²) >= 11 is 0. The third-order valence-corrected chi connectivity index (χ3v) is 2.76. The fourth-order valence-corrected chi connectivity index (χ4v) is 1.78. The van der Waals surface area contributed by atoms with Gasteiger partial charge in [-0.2, -0.15) is 4.98 Å². The molecule has 0 unspecified atom stereocenters. The lowest BCUT2D eigenvalue weighted by Crippen LogP contribution is -2.16. The van der Waals surface area contributed by atoms with E-state index in [4.69, 9.17) is 0 Å². The minimum absolute atomic E-state index is 0.0284. The molecule has 0 aromatic carbocycles. The summed E-state index contributed by atoms with van der Waals surface area (Å²) in [5, 5.41) is 3.24. The molecule has 0 amide bonds. The number of aryl methyl sites for hydroxylation is 1. The Morgan fingerprint density at radius 1 is 1.26 bits per heavy atom. The van der Waals surface area contributed by atoms with Gasteiger partial charge in [-0.3, -0.25) is 0 Å². The van der Waals surface area contributed by atoms with Crippen LogP contribution in [0, 0.1) is 6.92 Å². The largest absolute Gasteiger partial charge is 0.362 e. The first kappa shape index (κ1) is 13.2. The lowest BCUT2D eigenvalue weighted by molar-refractivity contribution is 0.811. The molecule has 0 radical (unpaired) electrons. The van der Waals surface area contributed by atoms with Crippen LogP contribution < -0.4 is 10.2 Å². The van der Waals surface area contributed by atoms with Gasteiger partial charge in [-0.05, 0) is 19.9 Å². The van der Waals surface area contributed by atoms with Gasteiger partial charge in [0.05, 0.1) is 11.7 Å². The van der Waals surface area contributed by atoms with Crippen molar-refractivity contribution in [2.24, 2.45) is 0 Å². The zero-order chi connectivity index (χ0) is 13.8. The summed E-state index contributed by atoms with van der Waals surface area (Å²) in [6.45, 7) is 4.01. The van der Waals surface area contributed by atoms with Crippen LogP contribution in [0.2, 0.25) is 0 Å². The summed E-state index contributed by atoms with van der Waals surface area (Å²) in [6, 6.07) is 1.90. The molecule has 6 heteroatoms. The molecule has 2 aromatic heterocycles. The van der Waals surface area contributed by atoms with Crippen molar-refractivity contribution in [2.45, 2.75) is 19.9 Å². The monoisotopic (exact) mass is 258 g/mol. The van der Waals surface area contributed by atoms with E-state index in [-0.39, 0.29) is 6.04 Å². The first-order valence-corrected chi connectivity index (χ1v) is 6.11. The molecule has 2 heterocycles. The average Bonchev–Trinajstić information content (AvgIpc) is 2.41. The highest BCUT2D eigenvalue weighted by Crippen LogP contribution is 2.18. The maximum Gasteiger partial charge on any atom is 0.225 e. The molecule has 2 rings (SSSR count). The lowest BCUT2D eigenvalue weighted by atomic mass is 10.2. The zero-order valence-electron chi connectivity index (χ0n) is 11.6. The number of nitrogens with zero attached hydrogens (tertiary/aromatic N) is 5. The van der Waals surface area contributed by atoms with Crippen molar-refractivity contribution in [3.63, 3.8) is 0 Å². The molecule has 100 valence electrons. The summed E-state index contributed by atoms with van der Waals surface area (Å²) in [7, 11) is 3.93. The predicted molar refractivity (Wildman–Crippen MR) is 75.2 cm³/mol. The maximum atomic E-state index is 4.50. The molecule has 1 N–H and O–H groups in total. The first-order valence-electron chi connectivity index (χ1n) is 6.11. The number of hydrogen-bond acceptors (Lipinski definition) is 6. The van der Waals surface area contributed by atoms with Gasteiger partial charge in [-0.15, -0.1) is 0 Å². The van der Waals surface area contributed by atoms with Crippen LogP contribution in [0.3, 0.4) is 0 Å². The molecule has 0 bridgehead atoms. The quantitative estimate of drug-likeness (QED) is 0.902. The van der Waals surface area contributed by atoms with Crippen LogP contribution in [-0.2, 0) is 0 Å². The molecule has 0 saturated carbocycles. The zero-order valence-corrected chi connectivity index (χ0v) is 11.6.